The Morgan fingerprint density at radius 1 is 1.07 bits per heavy atom. The molecule has 0 amide bonds. The summed E-state index contributed by atoms with van der Waals surface area (Å²) >= 11 is 6.35. The fourth-order valence-corrected chi connectivity index (χ4v) is 3.76. The molecule has 0 aliphatic carbocycles. The van der Waals surface area contributed by atoms with Gasteiger partial charge in [-0.1, -0.05) is 48.0 Å². The number of para-hydroxylation sites is 1. The first-order valence-corrected chi connectivity index (χ1v) is 9.22. The Hall–Kier alpha value is -3.89. The number of aromatic amines is 1. The molecule has 3 aromatic heterocycles. The van der Waals surface area contributed by atoms with Gasteiger partial charge >= 0.3 is 0 Å². The molecular weight excluding hydrogens is 388 g/mol. The monoisotopic (exact) mass is 400 g/mol. The van der Waals surface area contributed by atoms with Gasteiger partial charge in [-0.05, 0) is 25.1 Å². The highest BCUT2D eigenvalue weighted by Gasteiger charge is 2.23. The average molecular weight is 401 g/mol. The minimum absolute atomic E-state index is 0.246. The van der Waals surface area contributed by atoms with Crippen LogP contribution in [0.3, 0.4) is 0 Å². The van der Waals surface area contributed by atoms with Crippen LogP contribution in [0.2, 0.25) is 5.02 Å². The molecule has 0 aliphatic heterocycles. The second-order valence-electron chi connectivity index (χ2n) is 6.56. The van der Waals surface area contributed by atoms with Crippen molar-refractivity contribution in [3.05, 3.63) is 81.2 Å². The number of nitrogens with one attached hydrogen (secondary N) is 1. The van der Waals surface area contributed by atoms with E-state index >= 15 is 0 Å². The Morgan fingerprint density at radius 2 is 1.79 bits per heavy atom. The summed E-state index contributed by atoms with van der Waals surface area (Å²) in [5.74, 6) is 0. The van der Waals surface area contributed by atoms with E-state index in [4.69, 9.17) is 11.6 Å². The molecule has 0 saturated carbocycles. The van der Waals surface area contributed by atoms with Crippen LogP contribution in [0.5, 0.6) is 0 Å². The number of aromatic nitrogens is 5. The number of fused-ring (bicyclic) bond motifs is 3. The largest absolute Gasteiger partial charge is 0.305 e. The topological polar surface area (TPSA) is 91.8 Å². The maximum absolute atomic E-state index is 12.9. The van der Waals surface area contributed by atoms with Crippen molar-refractivity contribution >= 4 is 28.3 Å². The lowest BCUT2D eigenvalue weighted by atomic mass is 10.1. The Labute approximate surface area is 169 Å². The molecule has 8 heteroatoms. The van der Waals surface area contributed by atoms with Gasteiger partial charge in [0.25, 0.3) is 5.56 Å². The van der Waals surface area contributed by atoms with Crippen LogP contribution in [0.1, 0.15) is 11.3 Å². The highest BCUT2D eigenvalue weighted by molar-refractivity contribution is 6.33. The standard InChI is InChI=1S/C21H13ClN6O/c1-12-17-20(29)24-19-15(11-23)18(14-9-5-6-10-16(14)22)26-28(19)21(17)27(25-12)13-7-3-2-4-8-13/h2-10H,1H3,(H,24,29). The molecule has 0 saturated heterocycles. The number of aryl methyl sites for hydroxylation is 1. The Bertz CT molecular complexity index is 1500. The van der Waals surface area contributed by atoms with E-state index < -0.39 is 0 Å². The van der Waals surface area contributed by atoms with Crippen LogP contribution in [0.15, 0.2) is 59.4 Å². The predicted octanol–water partition coefficient (Wildman–Crippen LogP) is 3.86. The number of nitriles is 1. The number of nitrogens with zero attached hydrogens (tertiary/aromatic N) is 5. The van der Waals surface area contributed by atoms with Gasteiger partial charge in [-0.3, -0.25) is 4.79 Å². The summed E-state index contributed by atoms with van der Waals surface area (Å²) in [5, 5.41) is 19.9. The van der Waals surface area contributed by atoms with Crippen LogP contribution < -0.4 is 5.56 Å². The van der Waals surface area contributed by atoms with Gasteiger partial charge in [-0.15, -0.1) is 0 Å². The molecule has 0 atom stereocenters. The summed E-state index contributed by atoms with van der Waals surface area (Å²) in [6.45, 7) is 1.77. The lowest BCUT2D eigenvalue weighted by Gasteiger charge is -2.04. The van der Waals surface area contributed by atoms with Gasteiger partial charge in [0.05, 0.1) is 16.4 Å². The lowest BCUT2D eigenvalue weighted by molar-refractivity contribution is 0.845. The Balaban J connectivity index is 1.97. The smallest absolute Gasteiger partial charge is 0.262 e. The highest BCUT2D eigenvalue weighted by Crippen LogP contribution is 2.31. The van der Waals surface area contributed by atoms with Gasteiger partial charge in [0.15, 0.2) is 11.3 Å². The second kappa shape index (κ2) is 6.33. The summed E-state index contributed by atoms with van der Waals surface area (Å²) in [4.78, 5) is 15.6. The molecule has 0 aliphatic rings. The third kappa shape index (κ3) is 2.47. The van der Waals surface area contributed by atoms with Crippen LogP contribution in [0, 0.1) is 18.3 Å². The van der Waals surface area contributed by atoms with E-state index in [9.17, 15) is 10.1 Å². The molecule has 0 radical (unpaired) electrons. The van der Waals surface area contributed by atoms with Crippen molar-refractivity contribution in [1.29, 1.82) is 5.26 Å². The van der Waals surface area contributed by atoms with Crippen LogP contribution in [0.25, 0.3) is 33.6 Å². The molecule has 140 valence electrons. The van der Waals surface area contributed by atoms with Crippen molar-refractivity contribution in [2.24, 2.45) is 0 Å². The third-order valence-corrected chi connectivity index (χ3v) is 5.15. The van der Waals surface area contributed by atoms with Gasteiger partial charge in [-0.2, -0.15) is 20.0 Å². The Kier molecular flexibility index (Phi) is 3.76. The SMILES string of the molecule is Cc1nn(-c2ccccc2)c2c1c(=O)[nH]c1c(C#N)c(-c3ccccc3Cl)nn12. The predicted molar refractivity (Wildman–Crippen MR) is 110 cm³/mol. The van der Waals surface area contributed by atoms with E-state index in [1.54, 1.807) is 28.3 Å². The highest BCUT2D eigenvalue weighted by atomic mass is 35.5. The Morgan fingerprint density at radius 3 is 2.52 bits per heavy atom. The molecule has 7 nitrogen and oxygen atoms in total. The van der Waals surface area contributed by atoms with Crippen LogP contribution >= 0.6 is 11.6 Å². The van der Waals surface area contributed by atoms with Crippen molar-refractivity contribution in [1.82, 2.24) is 24.4 Å². The molecule has 2 aromatic carbocycles. The summed E-state index contributed by atoms with van der Waals surface area (Å²) < 4.78 is 3.22. The lowest BCUT2D eigenvalue weighted by Crippen LogP contribution is -2.12. The molecule has 3 heterocycles. The average Bonchev–Trinajstić information content (AvgIpc) is 3.27. The minimum atomic E-state index is -0.325. The fraction of sp³-hybridized carbons (Fsp3) is 0.0476. The van der Waals surface area contributed by atoms with Crippen LogP contribution in [0.4, 0.5) is 0 Å². The maximum Gasteiger partial charge on any atom is 0.262 e. The number of rotatable bonds is 2. The molecule has 5 aromatic rings. The maximum atomic E-state index is 12.9. The molecule has 5 rings (SSSR count). The first kappa shape index (κ1) is 17.2. The summed E-state index contributed by atoms with van der Waals surface area (Å²) in [6, 6.07) is 18.8. The third-order valence-electron chi connectivity index (χ3n) is 4.82. The molecule has 0 bridgehead atoms. The van der Waals surface area contributed by atoms with E-state index in [2.05, 4.69) is 21.3 Å². The van der Waals surface area contributed by atoms with Gasteiger partial charge < -0.3 is 4.98 Å². The molecule has 0 spiro atoms. The summed E-state index contributed by atoms with van der Waals surface area (Å²) in [5.41, 5.74) is 3.08. The van der Waals surface area contributed by atoms with E-state index in [-0.39, 0.29) is 11.1 Å². The van der Waals surface area contributed by atoms with Gasteiger partial charge in [-0.25, -0.2) is 4.68 Å². The first-order chi connectivity index (χ1) is 14.1. The molecular formula is C21H13ClN6O. The molecule has 1 N–H and O–H groups in total. The van der Waals surface area contributed by atoms with Gasteiger partial charge in [0.1, 0.15) is 22.7 Å². The summed E-state index contributed by atoms with van der Waals surface area (Å²) in [6.07, 6.45) is 0. The van der Waals surface area contributed by atoms with Crippen LogP contribution in [-0.4, -0.2) is 24.4 Å². The zero-order valence-corrected chi connectivity index (χ0v) is 16.0. The van der Waals surface area contributed by atoms with Crippen molar-refractivity contribution < 1.29 is 0 Å². The zero-order chi connectivity index (χ0) is 20.1. The van der Waals surface area contributed by atoms with E-state index in [0.29, 0.717) is 38.7 Å². The van der Waals surface area contributed by atoms with Crippen molar-refractivity contribution in [2.75, 3.05) is 0 Å². The quantitative estimate of drug-likeness (QED) is 0.487. The van der Waals surface area contributed by atoms with Crippen LogP contribution in [-0.2, 0) is 0 Å². The van der Waals surface area contributed by atoms with Crippen molar-refractivity contribution in [2.45, 2.75) is 6.92 Å². The van der Waals surface area contributed by atoms with Gasteiger partial charge in [0, 0.05) is 5.56 Å². The zero-order valence-electron chi connectivity index (χ0n) is 15.2. The number of hydrogen-bond donors (Lipinski definition) is 1. The van der Waals surface area contributed by atoms with Gasteiger partial charge in [0.2, 0.25) is 0 Å². The molecule has 0 fully saturated rings. The number of benzene rings is 2. The number of H-pyrrole nitrogens is 1. The van der Waals surface area contributed by atoms with Crippen molar-refractivity contribution in [3.8, 4) is 23.0 Å². The number of halogens is 1. The normalized spacial score (nSPS) is 11.2. The molecule has 29 heavy (non-hydrogen) atoms. The first-order valence-electron chi connectivity index (χ1n) is 8.85. The van der Waals surface area contributed by atoms with E-state index in [0.717, 1.165) is 5.69 Å². The van der Waals surface area contributed by atoms with E-state index in [1.807, 2.05) is 42.5 Å². The number of hydrogen-bond acceptors (Lipinski definition) is 4. The molecule has 0 unspecified atom stereocenters. The van der Waals surface area contributed by atoms with E-state index in [1.165, 1.54) is 0 Å². The fourth-order valence-electron chi connectivity index (χ4n) is 3.53. The minimum Gasteiger partial charge on any atom is -0.305 e. The summed E-state index contributed by atoms with van der Waals surface area (Å²) in [7, 11) is 0. The van der Waals surface area contributed by atoms with Crippen molar-refractivity contribution in [3.63, 3.8) is 0 Å². The second-order valence-corrected chi connectivity index (χ2v) is 6.97.